The molecule has 6 nitrogen and oxygen atoms in total. The zero-order valence-corrected chi connectivity index (χ0v) is 11.4. The number of amides is 1. The molecule has 0 aliphatic rings. The van der Waals surface area contributed by atoms with Crippen LogP contribution in [0.1, 0.15) is 10.6 Å². The number of halogens is 2. The molecule has 0 atom stereocenters. The molecule has 0 aliphatic heterocycles. The topological polar surface area (TPSA) is 85.4 Å². The predicted octanol–water partition coefficient (Wildman–Crippen LogP) is 3.18. The van der Waals surface area contributed by atoms with Gasteiger partial charge in [-0.1, -0.05) is 0 Å². The highest BCUT2D eigenvalue weighted by molar-refractivity contribution is 14.1. The number of nitrogens with zero attached hydrogens (tertiary/aromatic N) is 1. The van der Waals surface area contributed by atoms with Gasteiger partial charge in [0.05, 0.1) is 11.8 Å². The van der Waals surface area contributed by atoms with E-state index in [2.05, 4.69) is 5.32 Å². The van der Waals surface area contributed by atoms with E-state index in [-0.39, 0.29) is 11.4 Å². The molecule has 1 amide bonds. The third kappa shape index (κ3) is 3.08. The number of hydrogen-bond donors (Lipinski definition) is 1. The van der Waals surface area contributed by atoms with Gasteiger partial charge < -0.3 is 9.73 Å². The van der Waals surface area contributed by atoms with Gasteiger partial charge in [0.1, 0.15) is 10.7 Å². The van der Waals surface area contributed by atoms with Gasteiger partial charge in [-0.25, -0.2) is 4.39 Å². The Bertz CT molecular complexity index is 656. The zero-order chi connectivity index (χ0) is 14.0. The van der Waals surface area contributed by atoms with Crippen LogP contribution in [-0.2, 0) is 0 Å². The van der Waals surface area contributed by atoms with Crippen LogP contribution in [0.5, 0.6) is 0 Å². The summed E-state index contributed by atoms with van der Waals surface area (Å²) < 4.78 is 18.9. The number of furan rings is 1. The van der Waals surface area contributed by atoms with Crippen molar-refractivity contribution in [1.82, 2.24) is 0 Å². The summed E-state index contributed by atoms with van der Waals surface area (Å²) in [5, 5.41) is 12.7. The summed E-state index contributed by atoms with van der Waals surface area (Å²) in [4.78, 5) is 21.3. The van der Waals surface area contributed by atoms with Crippen LogP contribution in [-0.4, -0.2) is 10.8 Å². The summed E-state index contributed by atoms with van der Waals surface area (Å²) in [5.41, 5.74) is -0.0236. The van der Waals surface area contributed by atoms with Gasteiger partial charge in [-0.3, -0.25) is 14.9 Å². The molecule has 1 aromatic heterocycles. The summed E-state index contributed by atoms with van der Waals surface area (Å²) in [6.45, 7) is 0. The number of carbonyl (C=O) groups is 1. The lowest BCUT2D eigenvalue weighted by Gasteiger charge is -2.04. The lowest BCUT2D eigenvalue weighted by atomic mass is 10.3. The van der Waals surface area contributed by atoms with E-state index in [9.17, 15) is 19.3 Å². The van der Waals surface area contributed by atoms with Gasteiger partial charge in [0.25, 0.3) is 5.91 Å². The summed E-state index contributed by atoms with van der Waals surface area (Å²) in [6, 6.07) is 6.47. The van der Waals surface area contributed by atoms with E-state index in [1.807, 2.05) is 22.6 Å². The highest BCUT2D eigenvalue weighted by Gasteiger charge is 2.18. The molecule has 0 saturated carbocycles. The minimum Gasteiger partial charge on any atom is -0.395 e. The largest absolute Gasteiger partial charge is 0.433 e. The van der Waals surface area contributed by atoms with Crippen molar-refractivity contribution < 1.29 is 18.5 Å². The van der Waals surface area contributed by atoms with Crippen molar-refractivity contribution in [2.24, 2.45) is 0 Å². The molecule has 1 N–H and O–H groups in total. The van der Waals surface area contributed by atoms with Crippen molar-refractivity contribution in [3.8, 4) is 0 Å². The number of hydrogen-bond acceptors (Lipinski definition) is 4. The maximum atomic E-state index is 13.5. The Morgan fingerprint density at radius 1 is 1.37 bits per heavy atom. The van der Waals surface area contributed by atoms with E-state index in [0.717, 1.165) is 12.1 Å². The molecule has 2 rings (SSSR count). The molecule has 0 radical (unpaired) electrons. The van der Waals surface area contributed by atoms with Crippen molar-refractivity contribution in [2.45, 2.75) is 0 Å². The van der Waals surface area contributed by atoms with E-state index in [0.29, 0.717) is 3.57 Å². The van der Waals surface area contributed by atoms with Crippen LogP contribution in [0.15, 0.2) is 34.7 Å². The molecule has 0 bridgehead atoms. The standard InChI is InChI=1S/C11H6FIN2O4/c12-7-5-6(13)1-2-8(7)14-11(16)9-3-4-10(19-9)15(17)18/h1-5H,(H,14,16). The normalized spacial score (nSPS) is 10.2. The summed E-state index contributed by atoms with van der Waals surface area (Å²) in [5.74, 6) is -2.16. The van der Waals surface area contributed by atoms with Crippen LogP contribution in [0, 0.1) is 19.5 Å². The van der Waals surface area contributed by atoms with Gasteiger partial charge in [-0.05, 0) is 46.9 Å². The first-order valence-corrected chi connectivity index (χ1v) is 6.06. The highest BCUT2D eigenvalue weighted by atomic mass is 127. The maximum Gasteiger partial charge on any atom is 0.433 e. The Labute approximate surface area is 119 Å². The van der Waals surface area contributed by atoms with Gasteiger partial charge in [0.2, 0.25) is 0 Å². The van der Waals surface area contributed by atoms with Gasteiger partial charge in [-0.15, -0.1) is 0 Å². The Kier molecular flexibility index (Phi) is 3.79. The van der Waals surface area contributed by atoms with Gasteiger partial charge in [-0.2, -0.15) is 0 Å². The second-order valence-corrected chi connectivity index (χ2v) is 4.72. The van der Waals surface area contributed by atoms with E-state index >= 15 is 0 Å². The molecule has 0 aliphatic carbocycles. The fourth-order valence-corrected chi connectivity index (χ4v) is 1.78. The van der Waals surface area contributed by atoms with Crippen molar-refractivity contribution >= 4 is 40.1 Å². The van der Waals surface area contributed by atoms with Gasteiger partial charge in [0, 0.05) is 3.57 Å². The molecule has 0 saturated heterocycles. The number of nitrogens with one attached hydrogen (secondary N) is 1. The fraction of sp³-hybridized carbons (Fsp3) is 0. The molecular formula is C11H6FIN2O4. The van der Waals surface area contributed by atoms with Crippen LogP contribution in [0.25, 0.3) is 0 Å². The first-order valence-electron chi connectivity index (χ1n) is 4.98. The predicted molar refractivity (Wildman–Crippen MR) is 72.4 cm³/mol. The zero-order valence-electron chi connectivity index (χ0n) is 9.22. The number of carbonyl (C=O) groups excluding carboxylic acids is 1. The van der Waals surface area contributed by atoms with Crippen molar-refractivity contribution in [2.75, 3.05) is 5.32 Å². The third-order valence-electron chi connectivity index (χ3n) is 2.17. The molecule has 1 heterocycles. The number of nitro groups is 1. The number of benzene rings is 1. The fourth-order valence-electron chi connectivity index (χ4n) is 1.32. The first-order chi connectivity index (χ1) is 8.97. The molecule has 98 valence electrons. The van der Waals surface area contributed by atoms with E-state index in [1.165, 1.54) is 12.1 Å². The van der Waals surface area contributed by atoms with Gasteiger partial charge in [0.15, 0.2) is 5.76 Å². The second kappa shape index (κ2) is 5.34. The summed E-state index contributed by atoms with van der Waals surface area (Å²) >= 11 is 1.93. The molecule has 2 aromatic rings. The Hall–Kier alpha value is -1.97. The van der Waals surface area contributed by atoms with E-state index in [1.54, 1.807) is 6.07 Å². The monoisotopic (exact) mass is 376 g/mol. The first kappa shape index (κ1) is 13.5. The Balaban J connectivity index is 2.18. The SMILES string of the molecule is O=C(Nc1ccc(I)cc1F)c1ccc([N+](=O)[O-])o1. The minimum atomic E-state index is -0.762. The van der Waals surface area contributed by atoms with Crippen LogP contribution < -0.4 is 5.32 Å². The summed E-state index contributed by atoms with van der Waals surface area (Å²) in [6.07, 6.45) is 0. The lowest BCUT2D eigenvalue weighted by Crippen LogP contribution is -2.12. The van der Waals surface area contributed by atoms with Crippen LogP contribution >= 0.6 is 22.6 Å². The van der Waals surface area contributed by atoms with Crippen molar-refractivity contribution in [3.05, 3.63) is 55.6 Å². The number of rotatable bonds is 3. The Morgan fingerprint density at radius 3 is 2.68 bits per heavy atom. The smallest absolute Gasteiger partial charge is 0.395 e. The third-order valence-corrected chi connectivity index (χ3v) is 2.85. The van der Waals surface area contributed by atoms with Gasteiger partial charge >= 0.3 is 5.88 Å². The highest BCUT2D eigenvalue weighted by Crippen LogP contribution is 2.20. The van der Waals surface area contributed by atoms with Crippen LogP contribution in [0.3, 0.4) is 0 Å². The number of anilines is 1. The quantitative estimate of drug-likeness (QED) is 0.507. The van der Waals surface area contributed by atoms with Crippen LogP contribution in [0.2, 0.25) is 0 Å². The van der Waals surface area contributed by atoms with E-state index in [4.69, 9.17) is 4.42 Å². The van der Waals surface area contributed by atoms with Crippen LogP contribution in [0.4, 0.5) is 16.0 Å². The van der Waals surface area contributed by atoms with Crippen molar-refractivity contribution in [3.63, 3.8) is 0 Å². The minimum absolute atomic E-state index is 0.0236. The molecule has 0 unspecified atom stereocenters. The average Bonchev–Trinajstić information content (AvgIpc) is 2.82. The molecule has 0 fully saturated rings. The van der Waals surface area contributed by atoms with E-state index < -0.39 is 22.5 Å². The molecular weight excluding hydrogens is 370 g/mol. The Morgan fingerprint density at radius 2 is 2.11 bits per heavy atom. The summed E-state index contributed by atoms with van der Waals surface area (Å²) in [7, 11) is 0. The second-order valence-electron chi connectivity index (χ2n) is 3.47. The maximum absolute atomic E-state index is 13.5. The molecule has 1 aromatic carbocycles. The average molecular weight is 376 g/mol. The molecule has 8 heteroatoms. The van der Waals surface area contributed by atoms with Crippen molar-refractivity contribution in [1.29, 1.82) is 0 Å². The molecule has 0 spiro atoms. The molecule has 19 heavy (non-hydrogen) atoms. The lowest BCUT2D eigenvalue weighted by molar-refractivity contribution is -0.402.